The highest BCUT2D eigenvalue weighted by Gasteiger charge is 2.34. The van der Waals surface area contributed by atoms with Gasteiger partial charge in [-0.1, -0.05) is 97.1 Å². The fourth-order valence-corrected chi connectivity index (χ4v) is 7.44. The Morgan fingerprint density at radius 3 is 1.39 bits per heavy atom. The van der Waals surface area contributed by atoms with Gasteiger partial charge in [-0.25, -0.2) is 19.2 Å². The predicted octanol–water partition coefficient (Wildman–Crippen LogP) is 5.44. The molecule has 1 heterocycles. The van der Waals surface area contributed by atoms with Crippen LogP contribution in [0.1, 0.15) is 67.2 Å². The average Bonchev–Trinajstić information content (AvgIpc) is 3.70. The highest BCUT2D eigenvalue weighted by atomic mass is 16.7. The van der Waals surface area contributed by atoms with Gasteiger partial charge in [0.25, 0.3) is 0 Å². The Bertz CT molecular complexity index is 1940. The number of hydrogen-bond acceptors (Lipinski definition) is 9. The number of benzene rings is 4. The van der Waals surface area contributed by atoms with E-state index in [1.54, 1.807) is 6.92 Å². The Balaban J connectivity index is 0.000000219. The number of amides is 2. The van der Waals surface area contributed by atoms with Crippen molar-refractivity contribution in [2.75, 3.05) is 19.8 Å². The van der Waals surface area contributed by atoms with Crippen LogP contribution in [0, 0.1) is 0 Å². The third-order valence-electron chi connectivity index (χ3n) is 10.2. The van der Waals surface area contributed by atoms with E-state index < -0.39 is 54.7 Å². The molecule has 1 fully saturated rings. The zero-order valence-electron chi connectivity index (χ0n) is 31.6. The van der Waals surface area contributed by atoms with E-state index in [1.807, 2.05) is 84.9 Å². The molecule has 2 amide bonds. The fourth-order valence-electron chi connectivity index (χ4n) is 7.44. The first-order valence-electron chi connectivity index (χ1n) is 18.7. The Morgan fingerprint density at radius 1 is 0.649 bits per heavy atom. The smallest absolute Gasteiger partial charge is 0.407 e. The summed E-state index contributed by atoms with van der Waals surface area (Å²) in [6.07, 6.45) is -1.44. The molecule has 5 atom stereocenters. The summed E-state index contributed by atoms with van der Waals surface area (Å²) < 4.78 is 21.9. The highest BCUT2D eigenvalue weighted by molar-refractivity contribution is 5.83. The van der Waals surface area contributed by atoms with Gasteiger partial charge in [-0.15, -0.1) is 0 Å². The molecule has 4 aromatic rings. The third-order valence-corrected chi connectivity index (χ3v) is 10.2. The maximum atomic E-state index is 12.5. The van der Waals surface area contributed by atoms with Gasteiger partial charge in [-0.3, -0.25) is 0 Å². The summed E-state index contributed by atoms with van der Waals surface area (Å²) in [6, 6.07) is 29.3. The molecule has 0 spiro atoms. The minimum atomic E-state index is -1.41. The molecule has 57 heavy (non-hydrogen) atoms. The summed E-state index contributed by atoms with van der Waals surface area (Å²) in [6.45, 7) is 3.71. The minimum Gasteiger partial charge on any atom is -0.480 e. The van der Waals surface area contributed by atoms with Crippen LogP contribution in [0.3, 0.4) is 0 Å². The van der Waals surface area contributed by atoms with Gasteiger partial charge in [0.05, 0.1) is 12.2 Å². The van der Waals surface area contributed by atoms with Gasteiger partial charge in [0.15, 0.2) is 18.4 Å². The van der Waals surface area contributed by atoms with Crippen LogP contribution >= 0.6 is 0 Å². The van der Waals surface area contributed by atoms with Gasteiger partial charge >= 0.3 is 24.1 Å². The van der Waals surface area contributed by atoms with Crippen LogP contribution in [0.2, 0.25) is 0 Å². The monoisotopic (exact) mass is 784 g/mol. The van der Waals surface area contributed by atoms with Gasteiger partial charge < -0.3 is 50.4 Å². The second-order valence-corrected chi connectivity index (χ2v) is 13.9. The molecule has 1 unspecified atom stereocenters. The van der Waals surface area contributed by atoms with Gasteiger partial charge in [-0.2, -0.15) is 0 Å². The molecule has 3 aliphatic rings. The van der Waals surface area contributed by atoms with E-state index >= 15 is 0 Å². The molecule has 302 valence electrons. The first-order valence-corrected chi connectivity index (χ1v) is 18.7. The van der Waals surface area contributed by atoms with Crippen molar-refractivity contribution in [3.63, 3.8) is 0 Å². The molecule has 14 nitrogen and oxygen atoms in total. The molecule has 1 saturated heterocycles. The topological polar surface area (TPSA) is 221 Å². The molecule has 0 saturated carbocycles. The molecule has 0 aromatic heterocycles. The van der Waals surface area contributed by atoms with Crippen molar-refractivity contribution in [3.8, 4) is 22.3 Å². The number of nitrogens with one attached hydrogen (secondary N) is 2. The number of carboxylic acids is 2. The molecule has 2 aliphatic carbocycles. The van der Waals surface area contributed by atoms with E-state index in [1.165, 1.54) is 6.92 Å². The SMILES string of the molecule is C[C@@H](O)[C@H](NC(=O)OCC1c2ccccc2-c2ccccc21)C(=O)O.C[C@@H](OC1CCCCO1)[C@H](NC(=O)OCC1c2ccccc2-c2ccccc21)C(=O)O.O. The lowest BCUT2D eigenvalue weighted by Crippen LogP contribution is -2.50. The van der Waals surface area contributed by atoms with Crippen molar-refractivity contribution in [1.82, 2.24) is 10.6 Å². The van der Waals surface area contributed by atoms with Gasteiger partial charge in [0.2, 0.25) is 0 Å². The minimum absolute atomic E-state index is 0. The summed E-state index contributed by atoms with van der Waals surface area (Å²) in [7, 11) is 0. The van der Waals surface area contributed by atoms with E-state index in [-0.39, 0.29) is 30.5 Å². The quantitative estimate of drug-likeness (QED) is 0.122. The lowest BCUT2D eigenvalue weighted by molar-refractivity contribution is -0.193. The van der Waals surface area contributed by atoms with Crippen LogP contribution in [0.5, 0.6) is 0 Å². The number of carbonyl (C=O) groups is 4. The van der Waals surface area contributed by atoms with Crippen LogP contribution in [0.25, 0.3) is 22.3 Å². The molecule has 1 aliphatic heterocycles. The molecule has 0 bridgehead atoms. The second-order valence-electron chi connectivity index (χ2n) is 13.9. The number of rotatable bonds is 12. The molecule has 7 N–H and O–H groups in total. The van der Waals surface area contributed by atoms with Gasteiger partial charge in [-0.05, 0) is 77.6 Å². The van der Waals surface area contributed by atoms with Crippen molar-refractivity contribution >= 4 is 24.1 Å². The van der Waals surface area contributed by atoms with E-state index in [4.69, 9.17) is 24.1 Å². The van der Waals surface area contributed by atoms with Crippen LogP contribution in [0.4, 0.5) is 9.59 Å². The number of carbonyl (C=O) groups excluding carboxylic acids is 2. The van der Waals surface area contributed by atoms with Crippen LogP contribution < -0.4 is 10.6 Å². The number of aliphatic carboxylic acids is 2. The van der Waals surface area contributed by atoms with Crippen LogP contribution in [-0.4, -0.2) is 95.3 Å². The summed E-state index contributed by atoms with van der Waals surface area (Å²) in [5.74, 6) is -2.70. The van der Waals surface area contributed by atoms with Gasteiger partial charge in [0.1, 0.15) is 13.2 Å². The van der Waals surface area contributed by atoms with Crippen molar-refractivity contribution in [1.29, 1.82) is 0 Å². The summed E-state index contributed by atoms with van der Waals surface area (Å²) >= 11 is 0. The van der Waals surface area contributed by atoms with E-state index in [0.717, 1.165) is 57.3 Å². The largest absolute Gasteiger partial charge is 0.480 e. The van der Waals surface area contributed by atoms with Crippen molar-refractivity contribution in [2.24, 2.45) is 0 Å². The number of aliphatic hydroxyl groups excluding tert-OH is 1. The van der Waals surface area contributed by atoms with Crippen LogP contribution in [-0.2, 0) is 28.5 Å². The number of fused-ring (bicyclic) bond motifs is 6. The zero-order valence-corrected chi connectivity index (χ0v) is 31.6. The number of hydrogen-bond donors (Lipinski definition) is 5. The Labute approximate surface area is 330 Å². The second kappa shape index (κ2) is 19.4. The van der Waals surface area contributed by atoms with Crippen molar-refractivity contribution in [3.05, 3.63) is 119 Å². The fraction of sp³-hybridized carbons (Fsp3) is 0.349. The number of carboxylic acid groups (broad SMARTS) is 2. The normalized spacial score (nSPS) is 17.3. The highest BCUT2D eigenvalue weighted by Crippen LogP contribution is 2.45. The Morgan fingerprint density at radius 2 is 1.04 bits per heavy atom. The molecular formula is C43H48N2O12. The number of aliphatic hydroxyl groups is 1. The first-order chi connectivity index (χ1) is 27.0. The third kappa shape index (κ3) is 9.96. The lowest BCUT2D eigenvalue weighted by Gasteiger charge is -2.29. The number of ether oxygens (including phenoxy) is 4. The summed E-state index contributed by atoms with van der Waals surface area (Å²) in [4.78, 5) is 47.1. The maximum absolute atomic E-state index is 12.5. The van der Waals surface area contributed by atoms with E-state index in [0.29, 0.717) is 13.0 Å². The predicted molar refractivity (Wildman–Crippen MR) is 209 cm³/mol. The van der Waals surface area contributed by atoms with Crippen LogP contribution in [0.15, 0.2) is 97.1 Å². The Kier molecular flexibility index (Phi) is 14.4. The zero-order chi connectivity index (χ0) is 39.8. The standard InChI is InChI=1S/C24H27NO6.C19H19NO5.H2O/c1-15(31-21-12-6-7-13-29-21)22(23(26)27)25-24(28)30-14-20-18-10-4-2-8-16(18)17-9-3-5-11-19(17)20;1-11(21)17(18(22)23)20-19(24)25-10-16-14-8-4-2-6-12(14)13-7-3-5-9-15(13)16;/h2-5,8-11,15,20-22H,6-7,12-14H2,1H3,(H,25,28)(H,26,27);2-9,11,16-17,21H,10H2,1H3,(H,20,24)(H,22,23);1H2/t15-,21?,22+;11-,17+;/m11./s1. The first kappa shape index (κ1) is 42.3. The maximum Gasteiger partial charge on any atom is 0.407 e. The Hall–Kier alpha value is -5.80. The van der Waals surface area contributed by atoms with Crippen molar-refractivity contribution in [2.45, 2.75) is 75.5 Å². The molecule has 7 rings (SSSR count). The molecular weight excluding hydrogens is 736 g/mol. The average molecular weight is 785 g/mol. The van der Waals surface area contributed by atoms with Gasteiger partial charge in [0, 0.05) is 18.4 Å². The lowest BCUT2D eigenvalue weighted by atomic mass is 9.98. The molecule has 4 aromatic carbocycles. The summed E-state index contributed by atoms with van der Waals surface area (Å²) in [5.41, 5.74) is 8.81. The van der Waals surface area contributed by atoms with E-state index in [2.05, 4.69) is 22.8 Å². The van der Waals surface area contributed by atoms with E-state index in [9.17, 15) is 29.4 Å². The number of alkyl carbamates (subject to hydrolysis) is 2. The molecule has 14 heteroatoms. The molecule has 0 radical (unpaired) electrons. The van der Waals surface area contributed by atoms with Crippen molar-refractivity contribution < 1.29 is 58.9 Å². The summed E-state index contributed by atoms with van der Waals surface area (Å²) in [5, 5.41) is 32.6.